The van der Waals surface area contributed by atoms with Crippen LogP contribution in [0.4, 0.5) is 0 Å². The molecule has 1 N–H and O–H groups in total. The second-order valence-corrected chi connectivity index (χ2v) is 10.7. The molecule has 6 unspecified atom stereocenters. The van der Waals surface area contributed by atoms with Crippen LogP contribution in [-0.4, -0.2) is 41.2 Å². The van der Waals surface area contributed by atoms with E-state index in [0.717, 1.165) is 18.8 Å². The Morgan fingerprint density at radius 2 is 1.93 bits per heavy atom. The number of ether oxygens (including phenoxy) is 1. The van der Waals surface area contributed by atoms with E-state index in [-0.39, 0.29) is 12.5 Å². The number of aliphatic hydroxyl groups excluding tert-OH is 1. The van der Waals surface area contributed by atoms with Crippen LogP contribution >= 0.6 is 23.2 Å². The van der Waals surface area contributed by atoms with Gasteiger partial charge in [-0.2, -0.15) is 0 Å². The highest BCUT2D eigenvalue weighted by molar-refractivity contribution is 6.35. The summed E-state index contributed by atoms with van der Waals surface area (Å²) in [6, 6.07) is 5.97. The average Bonchev–Trinajstić information content (AvgIpc) is 3.54. The quantitative estimate of drug-likeness (QED) is 0.553. The number of hydrogen-bond acceptors (Lipinski definition) is 3. The number of carbonyl (C=O) groups excluding carboxylic acids is 1. The molecule has 1 aromatic carbocycles. The number of nitrogens with zero attached hydrogens (tertiary/aromatic N) is 1. The van der Waals surface area contributed by atoms with E-state index in [2.05, 4.69) is 4.90 Å². The summed E-state index contributed by atoms with van der Waals surface area (Å²) < 4.78 is 5.78. The van der Waals surface area contributed by atoms with Gasteiger partial charge >= 0.3 is 0 Å². The summed E-state index contributed by atoms with van der Waals surface area (Å²) in [6.45, 7) is 0.750. The number of aliphatic hydroxyl groups is 1. The van der Waals surface area contributed by atoms with Gasteiger partial charge in [0, 0.05) is 30.1 Å². The molecule has 5 fully saturated rings. The minimum atomic E-state index is 0.275. The van der Waals surface area contributed by atoms with Crippen molar-refractivity contribution in [1.82, 2.24) is 4.90 Å². The van der Waals surface area contributed by atoms with Gasteiger partial charge in [-0.1, -0.05) is 23.2 Å². The molecular weight excluding hydrogens is 421 g/mol. The molecular formula is C24H31Cl2NO3. The fourth-order valence-electron chi connectivity index (χ4n) is 6.82. The minimum Gasteiger partial charge on any atom is -0.492 e. The summed E-state index contributed by atoms with van der Waals surface area (Å²) in [4.78, 5) is 15.6. The first-order valence-corrected chi connectivity index (χ1v) is 12.3. The first kappa shape index (κ1) is 20.9. The number of carbonyl (C=O) groups is 1. The number of rotatable bonds is 8. The van der Waals surface area contributed by atoms with Gasteiger partial charge in [-0.15, -0.1) is 0 Å². The van der Waals surface area contributed by atoms with E-state index in [4.69, 9.17) is 27.9 Å². The van der Waals surface area contributed by atoms with Crippen LogP contribution in [0.2, 0.25) is 10.0 Å². The van der Waals surface area contributed by atoms with E-state index < -0.39 is 0 Å². The fourth-order valence-corrected chi connectivity index (χ4v) is 7.28. The van der Waals surface area contributed by atoms with Crippen LogP contribution in [0.3, 0.4) is 0 Å². The van der Waals surface area contributed by atoms with Gasteiger partial charge < -0.3 is 14.7 Å². The summed E-state index contributed by atoms with van der Waals surface area (Å²) in [7, 11) is 0. The van der Waals surface area contributed by atoms with Crippen molar-refractivity contribution in [3.05, 3.63) is 28.2 Å². The third-order valence-corrected chi connectivity index (χ3v) is 8.54. The molecule has 0 aliphatic heterocycles. The lowest BCUT2D eigenvalue weighted by atomic mass is 9.49. The first-order valence-electron chi connectivity index (χ1n) is 11.5. The predicted molar refractivity (Wildman–Crippen MR) is 118 cm³/mol. The predicted octanol–water partition coefficient (Wildman–Crippen LogP) is 5.19. The Hall–Kier alpha value is -0.970. The Balaban J connectivity index is 1.21. The molecule has 5 aliphatic carbocycles. The maximum Gasteiger partial charge on any atom is 0.223 e. The SMILES string of the molecule is O=C(CCCOc1ccc(Cl)cc1Cl)N(C1CC1)C1C2CC3CC(C2)C(CO)C1C3. The van der Waals surface area contributed by atoms with E-state index in [1.54, 1.807) is 18.2 Å². The van der Waals surface area contributed by atoms with Gasteiger partial charge in [0.15, 0.2) is 0 Å². The van der Waals surface area contributed by atoms with Crippen molar-refractivity contribution < 1.29 is 14.6 Å². The molecule has 0 heterocycles. The number of benzene rings is 1. The van der Waals surface area contributed by atoms with E-state index in [0.29, 0.717) is 71.0 Å². The zero-order chi connectivity index (χ0) is 20.8. The largest absolute Gasteiger partial charge is 0.492 e. The lowest BCUT2D eigenvalue weighted by molar-refractivity contribution is -0.154. The maximum atomic E-state index is 13.3. The molecule has 0 radical (unpaired) electrons. The molecule has 0 spiro atoms. The van der Waals surface area contributed by atoms with Crippen molar-refractivity contribution in [1.29, 1.82) is 0 Å². The summed E-state index contributed by atoms with van der Waals surface area (Å²) in [5.41, 5.74) is 0. The lowest BCUT2D eigenvalue weighted by Crippen LogP contribution is -2.62. The molecule has 5 aliphatic rings. The number of amides is 1. The van der Waals surface area contributed by atoms with E-state index in [1.165, 1.54) is 25.7 Å². The van der Waals surface area contributed by atoms with E-state index in [1.807, 2.05) is 0 Å². The highest BCUT2D eigenvalue weighted by atomic mass is 35.5. The Morgan fingerprint density at radius 3 is 2.67 bits per heavy atom. The maximum absolute atomic E-state index is 13.3. The Morgan fingerprint density at radius 1 is 1.13 bits per heavy atom. The molecule has 164 valence electrons. The number of halogens is 2. The summed E-state index contributed by atoms with van der Waals surface area (Å²) in [5, 5.41) is 11.2. The molecule has 6 atom stereocenters. The molecule has 6 rings (SSSR count). The van der Waals surface area contributed by atoms with Crippen molar-refractivity contribution in [2.45, 2.75) is 63.5 Å². The second kappa shape index (κ2) is 8.52. The van der Waals surface area contributed by atoms with Crippen LogP contribution in [0.5, 0.6) is 5.75 Å². The molecule has 1 aromatic rings. The van der Waals surface area contributed by atoms with Crippen LogP contribution in [0.15, 0.2) is 18.2 Å². The van der Waals surface area contributed by atoms with Crippen molar-refractivity contribution in [2.24, 2.45) is 29.6 Å². The molecule has 4 nitrogen and oxygen atoms in total. The third kappa shape index (κ3) is 3.96. The van der Waals surface area contributed by atoms with Gasteiger partial charge in [-0.3, -0.25) is 4.79 Å². The van der Waals surface area contributed by atoms with Crippen LogP contribution < -0.4 is 4.74 Å². The zero-order valence-corrected chi connectivity index (χ0v) is 18.8. The minimum absolute atomic E-state index is 0.275. The first-order chi connectivity index (χ1) is 14.5. The fraction of sp³-hybridized carbons (Fsp3) is 0.708. The molecule has 6 heteroatoms. The zero-order valence-electron chi connectivity index (χ0n) is 17.3. The lowest BCUT2D eigenvalue weighted by Gasteiger charge is -2.60. The van der Waals surface area contributed by atoms with Gasteiger partial charge in [0.05, 0.1) is 11.6 Å². The molecule has 5 saturated carbocycles. The van der Waals surface area contributed by atoms with Crippen molar-refractivity contribution in [3.63, 3.8) is 0 Å². The van der Waals surface area contributed by atoms with Crippen LogP contribution in [-0.2, 0) is 4.79 Å². The van der Waals surface area contributed by atoms with Crippen molar-refractivity contribution in [3.8, 4) is 5.75 Å². The van der Waals surface area contributed by atoms with Crippen LogP contribution in [0.25, 0.3) is 0 Å². The molecule has 4 bridgehead atoms. The van der Waals surface area contributed by atoms with Crippen LogP contribution in [0.1, 0.15) is 51.4 Å². The van der Waals surface area contributed by atoms with Gasteiger partial charge in [0.1, 0.15) is 5.75 Å². The van der Waals surface area contributed by atoms with Crippen LogP contribution in [0, 0.1) is 29.6 Å². The summed E-state index contributed by atoms with van der Waals surface area (Å²) in [5.74, 6) is 3.93. The topological polar surface area (TPSA) is 49.8 Å². The molecule has 1 amide bonds. The summed E-state index contributed by atoms with van der Waals surface area (Å²) in [6.07, 6.45) is 8.45. The Labute approximate surface area is 188 Å². The third-order valence-electron chi connectivity index (χ3n) is 8.01. The van der Waals surface area contributed by atoms with Crippen molar-refractivity contribution in [2.75, 3.05) is 13.2 Å². The molecule has 30 heavy (non-hydrogen) atoms. The van der Waals surface area contributed by atoms with Gasteiger partial charge in [-0.25, -0.2) is 0 Å². The van der Waals surface area contributed by atoms with E-state index in [9.17, 15) is 9.90 Å². The monoisotopic (exact) mass is 451 g/mol. The molecule has 0 aromatic heterocycles. The highest BCUT2D eigenvalue weighted by Gasteiger charge is 2.57. The van der Waals surface area contributed by atoms with Gasteiger partial charge in [0.2, 0.25) is 5.91 Å². The second-order valence-electron chi connectivity index (χ2n) is 9.89. The normalized spacial score (nSPS) is 34.2. The van der Waals surface area contributed by atoms with E-state index >= 15 is 0 Å². The standard InChI is InChI=1S/C24H31Cl2NO3/c25-17-3-6-22(21(26)12-17)30-7-1-2-23(29)27(18-4-5-18)24-16-9-14-8-15(11-16)20(13-28)19(24)10-14/h3,6,12,14-16,18-20,24,28H,1-2,4-5,7-11,13H2. The highest BCUT2D eigenvalue weighted by Crippen LogP contribution is 2.58. The Kier molecular flexibility index (Phi) is 5.94. The van der Waals surface area contributed by atoms with Gasteiger partial charge in [0.25, 0.3) is 0 Å². The smallest absolute Gasteiger partial charge is 0.223 e. The Bertz CT molecular complexity index is 799. The number of hydrogen-bond donors (Lipinski definition) is 1. The molecule has 0 saturated heterocycles. The average molecular weight is 452 g/mol. The van der Waals surface area contributed by atoms with Gasteiger partial charge in [-0.05, 0) is 92.7 Å². The van der Waals surface area contributed by atoms with Crippen molar-refractivity contribution >= 4 is 29.1 Å². The summed E-state index contributed by atoms with van der Waals surface area (Å²) >= 11 is 12.1.